The van der Waals surface area contributed by atoms with E-state index in [1.807, 2.05) is 6.92 Å². The highest BCUT2D eigenvalue weighted by atomic mass is 16.5. The van der Waals surface area contributed by atoms with Gasteiger partial charge in [0.15, 0.2) is 11.5 Å². The summed E-state index contributed by atoms with van der Waals surface area (Å²) in [6.07, 6.45) is 3.79. The zero-order chi connectivity index (χ0) is 15.2. The number of phenolic OH excluding ortho intramolecular Hbond substituents is 1. The van der Waals surface area contributed by atoms with Crippen molar-refractivity contribution in [2.24, 2.45) is 0 Å². The highest BCUT2D eigenvalue weighted by Gasteiger charge is 2.16. The van der Waals surface area contributed by atoms with Crippen LogP contribution in [0.3, 0.4) is 0 Å². The second-order valence-corrected chi connectivity index (χ2v) is 5.62. The molecule has 1 aromatic rings. The lowest BCUT2D eigenvalue weighted by Gasteiger charge is -2.29. The number of hydrogen-bond donors (Lipinski definition) is 2. The van der Waals surface area contributed by atoms with Crippen LogP contribution in [0.1, 0.15) is 36.5 Å². The number of ether oxygens (including phenoxy) is 1. The molecule has 5 nitrogen and oxygen atoms in total. The van der Waals surface area contributed by atoms with Crippen LogP contribution in [0, 0.1) is 0 Å². The lowest BCUT2D eigenvalue weighted by molar-refractivity contribution is 0.0925. The Morgan fingerprint density at radius 3 is 2.71 bits per heavy atom. The lowest BCUT2D eigenvalue weighted by atomic mass is 10.1. The van der Waals surface area contributed by atoms with Gasteiger partial charge in [0, 0.05) is 18.2 Å². The highest BCUT2D eigenvalue weighted by Crippen LogP contribution is 2.26. The van der Waals surface area contributed by atoms with Crippen LogP contribution in [0.4, 0.5) is 0 Å². The number of piperidine rings is 1. The third kappa shape index (κ3) is 4.36. The molecular formula is C16H24N2O3. The van der Waals surface area contributed by atoms with Crippen LogP contribution in [0.2, 0.25) is 0 Å². The van der Waals surface area contributed by atoms with Crippen molar-refractivity contribution in [3.63, 3.8) is 0 Å². The van der Waals surface area contributed by atoms with Gasteiger partial charge in [-0.2, -0.15) is 0 Å². The molecule has 2 rings (SSSR count). The molecule has 1 heterocycles. The molecule has 1 unspecified atom stereocenters. The van der Waals surface area contributed by atoms with Gasteiger partial charge in [-0.05, 0) is 51.1 Å². The summed E-state index contributed by atoms with van der Waals surface area (Å²) >= 11 is 0. The fourth-order valence-electron chi connectivity index (χ4n) is 2.71. The second kappa shape index (κ2) is 7.31. The second-order valence-electron chi connectivity index (χ2n) is 5.62. The van der Waals surface area contributed by atoms with Gasteiger partial charge in [-0.15, -0.1) is 0 Å². The number of hydrogen-bond acceptors (Lipinski definition) is 4. The summed E-state index contributed by atoms with van der Waals surface area (Å²) in [5.41, 5.74) is 0.443. The summed E-state index contributed by atoms with van der Waals surface area (Å²) in [5.74, 6) is 0.180. The van der Waals surface area contributed by atoms with Gasteiger partial charge in [0.05, 0.1) is 7.11 Å². The summed E-state index contributed by atoms with van der Waals surface area (Å²) in [6, 6.07) is 4.77. The zero-order valence-electron chi connectivity index (χ0n) is 12.8. The topological polar surface area (TPSA) is 61.8 Å². The molecule has 1 aromatic carbocycles. The summed E-state index contributed by atoms with van der Waals surface area (Å²) in [6.45, 7) is 5.11. The normalized spacial score (nSPS) is 17.2. The van der Waals surface area contributed by atoms with Gasteiger partial charge < -0.3 is 20.1 Å². The Bertz CT molecular complexity index is 484. The van der Waals surface area contributed by atoms with Crippen molar-refractivity contribution in [1.29, 1.82) is 0 Å². The predicted molar refractivity (Wildman–Crippen MR) is 81.9 cm³/mol. The first-order valence-electron chi connectivity index (χ1n) is 7.50. The first-order chi connectivity index (χ1) is 10.1. The molecule has 0 aliphatic carbocycles. The van der Waals surface area contributed by atoms with Crippen molar-refractivity contribution in [3.8, 4) is 11.5 Å². The van der Waals surface area contributed by atoms with E-state index in [0.717, 1.165) is 19.6 Å². The Morgan fingerprint density at radius 2 is 2.10 bits per heavy atom. The summed E-state index contributed by atoms with van der Waals surface area (Å²) in [4.78, 5) is 14.6. The van der Waals surface area contributed by atoms with Crippen LogP contribution in [-0.2, 0) is 0 Å². The molecule has 0 bridgehead atoms. The Balaban J connectivity index is 1.89. The number of rotatable bonds is 5. The Morgan fingerprint density at radius 1 is 1.38 bits per heavy atom. The molecule has 0 aromatic heterocycles. The van der Waals surface area contributed by atoms with E-state index in [-0.39, 0.29) is 17.7 Å². The van der Waals surface area contributed by atoms with E-state index in [1.165, 1.54) is 32.4 Å². The van der Waals surface area contributed by atoms with Gasteiger partial charge >= 0.3 is 0 Å². The molecule has 2 N–H and O–H groups in total. The van der Waals surface area contributed by atoms with Gasteiger partial charge in [0.1, 0.15) is 0 Å². The van der Waals surface area contributed by atoms with E-state index in [0.29, 0.717) is 11.3 Å². The smallest absolute Gasteiger partial charge is 0.251 e. The number of carbonyl (C=O) groups is 1. The molecule has 1 atom stereocenters. The van der Waals surface area contributed by atoms with Gasteiger partial charge in [-0.1, -0.05) is 6.42 Å². The first-order valence-corrected chi connectivity index (χ1v) is 7.50. The van der Waals surface area contributed by atoms with E-state index in [1.54, 1.807) is 12.1 Å². The van der Waals surface area contributed by atoms with Crippen LogP contribution in [0.15, 0.2) is 18.2 Å². The van der Waals surface area contributed by atoms with Crippen LogP contribution in [-0.4, -0.2) is 48.7 Å². The van der Waals surface area contributed by atoms with E-state index in [9.17, 15) is 9.90 Å². The van der Waals surface area contributed by atoms with Crippen LogP contribution < -0.4 is 10.1 Å². The Labute approximate surface area is 125 Å². The van der Waals surface area contributed by atoms with Crippen molar-refractivity contribution in [2.75, 3.05) is 26.7 Å². The maximum absolute atomic E-state index is 12.2. The number of nitrogens with one attached hydrogen (secondary N) is 1. The van der Waals surface area contributed by atoms with E-state index in [4.69, 9.17) is 4.74 Å². The summed E-state index contributed by atoms with van der Waals surface area (Å²) in [7, 11) is 1.48. The Hall–Kier alpha value is -1.75. The highest BCUT2D eigenvalue weighted by molar-refractivity contribution is 5.95. The molecule has 1 saturated heterocycles. The molecular weight excluding hydrogens is 268 g/mol. The number of nitrogens with zero attached hydrogens (tertiary/aromatic N) is 1. The van der Waals surface area contributed by atoms with Crippen molar-refractivity contribution in [3.05, 3.63) is 23.8 Å². The van der Waals surface area contributed by atoms with Gasteiger partial charge in [-0.25, -0.2) is 0 Å². The van der Waals surface area contributed by atoms with E-state index >= 15 is 0 Å². The third-order valence-corrected chi connectivity index (χ3v) is 3.80. The number of aromatic hydroxyl groups is 1. The molecule has 0 radical (unpaired) electrons. The largest absolute Gasteiger partial charge is 0.504 e. The van der Waals surface area contributed by atoms with E-state index in [2.05, 4.69) is 10.2 Å². The lowest BCUT2D eigenvalue weighted by Crippen LogP contribution is -2.43. The average molecular weight is 292 g/mol. The molecule has 5 heteroatoms. The molecule has 116 valence electrons. The van der Waals surface area contributed by atoms with Gasteiger partial charge in [0.25, 0.3) is 5.91 Å². The number of amides is 1. The van der Waals surface area contributed by atoms with Crippen LogP contribution in [0.5, 0.6) is 11.5 Å². The molecule has 0 spiro atoms. The first kappa shape index (κ1) is 15.6. The SMILES string of the molecule is COc1ccc(C(=O)NC(C)CN2CCCCC2)cc1O. The van der Waals surface area contributed by atoms with E-state index < -0.39 is 0 Å². The number of carbonyl (C=O) groups excluding carboxylic acids is 1. The number of phenols is 1. The molecule has 1 fully saturated rings. The number of likely N-dealkylation sites (tertiary alicyclic amines) is 1. The van der Waals surface area contributed by atoms with Crippen LogP contribution in [0.25, 0.3) is 0 Å². The minimum atomic E-state index is -0.169. The standard InChI is InChI=1S/C16H24N2O3/c1-12(11-18-8-4-3-5-9-18)17-16(20)13-6-7-15(21-2)14(19)10-13/h6-7,10,12,19H,3-5,8-9,11H2,1-2H3,(H,17,20). The monoisotopic (exact) mass is 292 g/mol. The van der Waals surface area contributed by atoms with Crippen molar-refractivity contribution in [2.45, 2.75) is 32.2 Å². The zero-order valence-corrected chi connectivity index (χ0v) is 12.8. The van der Waals surface area contributed by atoms with Crippen molar-refractivity contribution < 1.29 is 14.6 Å². The van der Waals surface area contributed by atoms with Crippen molar-refractivity contribution in [1.82, 2.24) is 10.2 Å². The molecule has 0 saturated carbocycles. The fraction of sp³-hybridized carbons (Fsp3) is 0.562. The quantitative estimate of drug-likeness (QED) is 0.871. The average Bonchev–Trinajstić information content (AvgIpc) is 2.48. The third-order valence-electron chi connectivity index (χ3n) is 3.80. The fourth-order valence-corrected chi connectivity index (χ4v) is 2.71. The minimum Gasteiger partial charge on any atom is -0.504 e. The maximum Gasteiger partial charge on any atom is 0.251 e. The minimum absolute atomic E-state index is 0.0196. The van der Waals surface area contributed by atoms with Crippen molar-refractivity contribution >= 4 is 5.91 Å². The number of methoxy groups -OCH3 is 1. The van der Waals surface area contributed by atoms with Gasteiger partial charge in [0.2, 0.25) is 0 Å². The number of benzene rings is 1. The van der Waals surface area contributed by atoms with Gasteiger partial charge in [-0.3, -0.25) is 4.79 Å². The Kier molecular flexibility index (Phi) is 5.44. The molecule has 1 aliphatic heterocycles. The van der Waals surface area contributed by atoms with Crippen LogP contribution >= 0.6 is 0 Å². The summed E-state index contributed by atoms with van der Waals surface area (Å²) < 4.78 is 4.97. The molecule has 1 aliphatic rings. The molecule has 21 heavy (non-hydrogen) atoms. The maximum atomic E-state index is 12.2. The molecule has 1 amide bonds. The summed E-state index contributed by atoms with van der Waals surface area (Å²) in [5, 5.41) is 12.7. The predicted octanol–water partition coefficient (Wildman–Crippen LogP) is 2.01.